The van der Waals surface area contributed by atoms with Crippen LogP contribution < -0.4 is 21.3 Å². The average molecular weight is 451 g/mol. The van der Waals surface area contributed by atoms with Crippen molar-refractivity contribution < 1.29 is 14.4 Å². The van der Waals surface area contributed by atoms with E-state index >= 15 is 0 Å². The highest BCUT2D eigenvalue weighted by Crippen LogP contribution is 2.18. The minimum Gasteiger partial charge on any atom is -0.376 e. The SMILES string of the molecule is CC(C)(C)NC(=O)c1cccc(NCC(=O)Nc2ccc(C(=O)NC3CCCCC3)cc2)c1. The lowest BCUT2D eigenvalue weighted by Crippen LogP contribution is -2.40. The number of carbonyl (C=O) groups is 3. The van der Waals surface area contributed by atoms with E-state index in [-0.39, 0.29) is 35.8 Å². The molecule has 1 aliphatic rings. The normalized spacial score (nSPS) is 14.3. The molecule has 0 heterocycles. The van der Waals surface area contributed by atoms with Crippen molar-refractivity contribution in [2.24, 2.45) is 0 Å². The Hall–Kier alpha value is -3.35. The van der Waals surface area contributed by atoms with Crippen LogP contribution in [0.4, 0.5) is 11.4 Å². The molecule has 0 atom stereocenters. The fourth-order valence-electron chi connectivity index (χ4n) is 3.79. The molecule has 2 aromatic carbocycles. The lowest BCUT2D eigenvalue weighted by molar-refractivity contribution is -0.114. The Kier molecular flexibility index (Phi) is 8.09. The van der Waals surface area contributed by atoms with Gasteiger partial charge in [-0.15, -0.1) is 0 Å². The molecule has 7 heteroatoms. The van der Waals surface area contributed by atoms with Gasteiger partial charge < -0.3 is 21.3 Å². The van der Waals surface area contributed by atoms with Gasteiger partial charge in [-0.25, -0.2) is 0 Å². The monoisotopic (exact) mass is 450 g/mol. The predicted octanol–water partition coefficient (Wildman–Crippen LogP) is 4.33. The Bertz CT molecular complexity index is 974. The van der Waals surface area contributed by atoms with Crippen LogP contribution in [0, 0.1) is 0 Å². The fraction of sp³-hybridized carbons (Fsp3) is 0.423. The molecule has 1 fully saturated rings. The van der Waals surface area contributed by atoms with Crippen molar-refractivity contribution in [3.05, 3.63) is 59.7 Å². The first kappa shape index (κ1) is 24.3. The molecule has 0 spiro atoms. The third-order valence-corrected chi connectivity index (χ3v) is 5.44. The summed E-state index contributed by atoms with van der Waals surface area (Å²) in [5.41, 5.74) is 2.09. The van der Waals surface area contributed by atoms with Crippen molar-refractivity contribution in [1.82, 2.24) is 10.6 Å². The number of carbonyl (C=O) groups excluding carboxylic acids is 3. The van der Waals surface area contributed by atoms with Crippen LogP contribution in [0.15, 0.2) is 48.5 Å². The van der Waals surface area contributed by atoms with E-state index in [1.54, 1.807) is 48.5 Å². The van der Waals surface area contributed by atoms with Crippen LogP contribution in [0.3, 0.4) is 0 Å². The summed E-state index contributed by atoms with van der Waals surface area (Å²) in [5, 5.41) is 11.9. The molecule has 0 aromatic heterocycles. The van der Waals surface area contributed by atoms with Crippen LogP contribution in [0.5, 0.6) is 0 Å². The van der Waals surface area contributed by atoms with Crippen molar-refractivity contribution in [1.29, 1.82) is 0 Å². The quantitative estimate of drug-likeness (QED) is 0.505. The van der Waals surface area contributed by atoms with Gasteiger partial charge in [0.1, 0.15) is 0 Å². The Labute approximate surface area is 195 Å². The molecule has 33 heavy (non-hydrogen) atoms. The van der Waals surface area contributed by atoms with E-state index in [4.69, 9.17) is 0 Å². The summed E-state index contributed by atoms with van der Waals surface area (Å²) in [6.45, 7) is 5.82. The maximum absolute atomic E-state index is 12.4. The molecule has 0 saturated heterocycles. The van der Waals surface area contributed by atoms with Crippen LogP contribution in [-0.4, -0.2) is 35.8 Å². The molecule has 3 amide bonds. The third kappa shape index (κ3) is 7.93. The van der Waals surface area contributed by atoms with Crippen molar-refractivity contribution in [3.8, 4) is 0 Å². The van der Waals surface area contributed by atoms with Crippen LogP contribution >= 0.6 is 0 Å². The molecule has 7 nitrogen and oxygen atoms in total. The third-order valence-electron chi connectivity index (χ3n) is 5.44. The first-order chi connectivity index (χ1) is 15.7. The highest BCUT2D eigenvalue weighted by atomic mass is 16.2. The summed E-state index contributed by atoms with van der Waals surface area (Å²) in [5.74, 6) is -0.459. The molecule has 176 valence electrons. The topological polar surface area (TPSA) is 99.3 Å². The number of hydrogen-bond donors (Lipinski definition) is 4. The van der Waals surface area contributed by atoms with Crippen molar-refractivity contribution in [2.75, 3.05) is 17.2 Å². The van der Waals surface area contributed by atoms with Gasteiger partial charge in [-0.05, 0) is 76.1 Å². The number of hydrogen-bond acceptors (Lipinski definition) is 4. The van der Waals surface area contributed by atoms with E-state index in [1.807, 2.05) is 20.8 Å². The lowest BCUT2D eigenvalue weighted by Gasteiger charge is -2.22. The number of rotatable bonds is 7. The Morgan fingerprint density at radius 2 is 1.55 bits per heavy atom. The maximum atomic E-state index is 12.4. The zero-order chi connectivity index (χ0) is 23.8. The second-order valence-corrected chi connectivity index (χ2v) is 9.57. The molecule has 0 unspecified atom stereocenters. The van der Waals surface area contributed by atoms with Crippen LogP contribution in [0.1, 0.15) is 73.6 Å². The molecule has 3 rings (SSSR count). The largest absolute Gasteiger partial charge is 0.376 e. The summed E-state index contributed by atoms with van der Waals surface area (Å²) in [6, 6.07) is 14.2. The van der Waals surface area contributed by atoms with Gasteiger partial charge in [0.05, 0.1) is 6.54 Å². The van der Waals surface area contributed by atoms with Gasteiger partial charge in [0.2, 0.25) is 5.91 Å². The number of nitrogens with one attached hydrogen (secondary N) is 4. The van der Waals surface area contributed by atoms with Gasteiger partial charge in [-0.2, -0.15) is 0 Å². The van der Waals surface area contributed by atoms with Gasteiger partial charge in [0, 0.05) is 34.1 Å². The average Bonchev–Trinajstić information content (AvgIpc) is 2.78. The summed E-state index contributed by atoms with van der Waals surface area (Å²) < 4.78 is 0. The highest BCUT2D eigenvalue weighted by Gasteiger charge is 2.17. The maximum Gasteiger partial charge on any atom is 0.251 e. The van der Waals surface area contributed by atoms with E-state index in [0.29, 0.717) is 22.5 Å². The smallest absolute Gasteiger partial charge is 0.251 e. The van der Waals surface area contributed by atoms with Gasteiger partial charge in [0.25, 0.3) is 11.8 Å². The van der Waals surface area contributed by atoms with Crippen LogP contribution in [-0.2, 0) is 4.79 Å². The first-order valence-corrected chi connectivity index (χ1v) is 11.6. The van der Waals surface area contributed by atoms with E-state index in [0.717, 1.165) is 12.8 Å². The van der Waals surface area contributed by atoms with E-state index < -0.39 is 0 Å². The van der Waals surface area contributed by atoms with Crippen LogP contribution in [0.25, 0.3) is 0 Å². The van der Waals surface area contributed by atoms with Gasteiger partial charge in [-0.3, -0.25) is 14.4 Å². The molecule has 0 bridgehead atoms. The first-order valence-electron chi connectivity index (χ1n) is 11.6. The Morgan fingerprint density at radius 3 is 2.21 bits per heavy atom. The van der Waals surface area contributed by atoms with Crippen LogP contribution in [0.2, 0.25) is 0 Å². The minimum atomic E-state index is -0.327. The second-order valence-electron chi connectivity index (χ2n) is 9.57. The van der Waals surface area contributed by atoms with Gasteiger partial charge in [-0.1, -0.05) is 25.3 Å². The molecular weight excluding hydrogens is 416 g/mol. The number of anilines is 2. The molecule has 1 aliphatic carbocycles. The molecule has 0 aliphatic heterocycles. The zero-order valence-corrected chi connectivity index (χ0v) is 19.7. The van der Waals surface area contributed by atoms with Crippen molar-refractivity contribution in [3.63, 3.8) is 0 Å². The number of amides is 3. The summed E-state index contributed by atoms with van der Waals surface area (Å²) in [4.78, 5) is 37.1. The molecule has 0 radical (unpaired) electrons. The summed E-state index contributed by atoms with van der Waals surface area (Å²) in [7, 11) is 0. The Balaban J connectivity index is 1.48. The number of benzene rings is 2. The van der Waals surface area contributed by atoms with Crippen molar-refractivity contribution in [2.45, 2.75) is 64.5 Å². The fourth-order valence-corrected chi connectivity index (χ4v) is 3.79. The zero-order valence-electron chi connectivity index (χ0n) is 19.7. The highest BCUT2D eigenvalue weighted by molar-refractivity contribution is 5.97. The summed E-state index contributed by atoms with van der Waals surface area (Å²) >= 11 is 0. The minimum absolute atomic E-state index is 0.0499. The van der Waals surface area contributed by atoms with E-state index in [1.165, 1.54) is 19.3 Å². The Morgan fingerprint density at radius 1 is 0.848 bits per heavy atom. The van der Waals surface area contributed by atoms with E-state index in [9.17, 15) is 14.4 Å². The summed E-state index contributed by atoms with van der Waals surface area (Å²) in [6.07, 6.45) is 5.65. The van der Waals surface area contributed by atoms with Gasteiger partial charge >= 0.3 is 0 Å². The predicted molar refractivity (Wildman–Crippen MR) is 132 cm³/mol. The second kappa shape index (κ2) is 11.0. The van der Waals surface area contributed by atoms with Crippen molar-refractivity contribution >= 4 is 29.1 Å². The van der Waals surface area contributed by atoms with E-state index in [2.05, 4.69) is 21.3 Å². The molecule has 1 saturated carbocycles. The standard InChI is InChI=1S/C26H34N4O3/c1-26(2,3)30-25(33)19-8-7-11-22(16-19)27-17-23(31)28-21-14-12-18(13-15-21)24(32)29-20-9-5-4-6-10-20/h7-8,11-16,20,27H,4-6,9-10,17H2,1-3H3,(H,28,31)(H,29,32)(H,30,33). The van der Waals surface area contributed by atoms with Gasteiger partial charge in [0.15, 0.2) is 0 Å². The molecular formula is C26H34N4O3. The molecule has 2 aromatic rings. The lowest BCUT2D eigenvalue weighted by atomic mass is 9.95. The molecule has 4 N–H and O–H groups in total.